The first-order valence-corrected chi connectivity index (χ1v) is 7.09. The van der Waals surface area contributed by atoms with Crippen molar-refractivity contribution in [3.05, 3.63) is 11.8 Å². The van der Waals surface area contributed by atoms with Crippen LogP contribution >= 0.6 is 12.4 Å². The summed E-state index contributed by atoms with van der Waals surface area (Å²) < 4.78 is 5.15. The summed E-state index contributed by atoms with van der Waals surface area (Å²) in [5.41, 5.74) is 6.64. The number of nitrogens with one attached hydrogen (secondary N) is 1. The standard InChI is InChI=1S/C14H24N4O2.ClH/c1-14(2,3)11-7-13(20-17-11)16-12(19)9-18-6-4-5-10(15)8-18;/h7,10H,4-6,8-9,15H2,1-3H3,(H,16,19);1H/t10-;/m1./s1. The van der Waals surface area contributed by atoms with Crippen LogP contribution in [0.3, 0.4) is 0 Å². The second kappa shape index (κ2) is 7.24. The van der Waals surface area contributed by atoms with Gasteiger partial charge in [-0.1, -0.05) is 25.9 Å². The predicted molar refractivity (Wildman–Crippen MR) is 84.7 cm³/mol. The van der Waals surface area contributed by atoms with Gasteiger partial charge < -0.3 is 10.3 Å². The zero-order chi connectivity index (χ0) is 14.8. The average molecular weight is 317 g/mol. The fourth-order valence-corrected chi connectivity index (χ4v) is 2.30. The third-order valence-electron chi connectivity index (χ3n) is 3.45. The van der Waals surface area contributed by atoms with Crippen LogP contribution in [0.4, 0.5) is 5.88 Å². The number of piperidine rings is 1. The van der Waals surface area contributed by atoms with E-state index in [1.54, 1.807) is 6.07 Å². The number of hydrogen-bond donors (Lipinski definition) is 2. The molecule has 0 spiro atoms. The van der Waals surface area contributed by atoms with E-state index in [2.05, 4.69) is 15.4 Å². The normalized spacial score (nSPS) is 19.9. The zero-order valence-electron chi connectivity index (χ0n) is 12.9. The van der Waals surface area contributed by atoms with Crippen molar-refractivity contribution in [2.45, 2.75) is 45.1 Å². The van der Waals surface area contributed by atoms with Crippen LogP contribution in [-0.2, 0) is 10.2 Å². The lowest BCUT2D eigenvalue weighted by atomic mass is 9.92. The van der Waals surface area contributed by atoms with Gasteiger partial charge in [-0.25, -0.2) is 0 Å². The van der Waals surface area contributed by atoms with E-state index in [0.29, 0.717) is 12.4 Å². The molecule has 0 aromatic carbocycles. The van der Waals surface area contributed by atoms with Crippen molar-refractivity contribution in [1.29, 1.82) is 0 Å². The van der Waals surface area contributed by atoms with Gasteiger partial charge in [0.2, 0.25) is 11.8 Å². The molecule has 7 heteroatoms. The van der Waals surface area contributed by atoms with Crippen molar-refractivity contribution >= 4 is 24.2 Å². The number of hydrogen-bond acceptors (Lipinski definition) is 5. The van der Waals surface area contributed by atoms with Gasteiger partial charge in [0.05, 0.1) is 12.2 Å². The van der Waals surface area contributed by atoms with Crippen molar-refractivity contribution in [2.75, 3.05) is 25.0 Å². The molecule has 2 heterocycles. The van der Waals surface area contributed by atoms with Gasteiger partial charge in [0.25, 0.3) is 0 Å². The minimum absolute atomic E-state index is 0. The van der Waals surface area contributed by atoms with E-state index in [-0.39, 0.29) is 29.8 Å². The largest absolute Gasteiger partial charge is 0.338 e. The van der Waals surface area contributed by atoms with Gasteiger partial charge in [-0.05, 0) is 19.4 Å². The number of anilines is 1. The number of halogens is 1. The highest BCUT2D eigenvalue weighted by molar-refractivity contribution is 5.91. The van der Waals surface area contributed by atoms with Crippen LogP contribution < -0.4 is 11.1 Å². The van der Waals surface area contributed by atoms with Gasteiger partial charge in [-0.15, -0.1) is 12.4 Å². The lowest BCUT2D eigenvalue weighted by molar-refractivity contribution is -0.117. The molecule has 1 aromatic heterocycles. The number of carbonyl (C=O) groups excluding carboxylic acids is 1. The molecule has 6 nitrogen and oxygen atoms in total. The molecule has 1 fully saturated rings. The Morgan fingerprint density at radius 2 is 2.29 bits per heavy atom. The number of nitrogens with zero attached hydrogens (tertiary/aromatic N) is 2. The number of aromatic nitrogens is 1. The summed E-state index contributed by atoms with van der Waals surface area (Å²) in [7, 11) is 0. The van der Waals surface area contributed by atoms with Crippen LogP contribution in [0.2, 0.25) is 0 Å². The van der Waals surface area contributed by atoms with Crippen molar-refractivity contribution in [3.63, 3.8) is 0 Å². The monoisotopic (exact) mass is 316 g/mol. The van der Waals surface area contributed by atoms with Crippen molar-refractivity contribution in [3.8, 4) is 0 Å². The Morgan fingerprint density at radius 3 is 2.86 bits per heavy atom. The number of rotatable bonds is 3. The topological polar surface area (TPSA) is 84.4 Å². The molecule has 0 saturated carbocycles. The van der Waals surface area contributed by atoms with Gasteiger partial charge in [0.15, 0.2) is 0 Å². The van der Waals surface area contributed by atoms with Gasteiger partial charge in [-0.3, -0.25) is 15.0 Å². The quantitative estimate of drug-likeness (QED) is 0.887. The molecule has 1 aliphatic heterocycles. The van der Waals surface area contributed by atoms with Gasteiger partial charge >= 0.3 is 0 Å². The Morgan fingerprint density at radius 1 is 1.57 bits per heavy atom. The van der Waals surface area contributed by atoms with Crippen LogP contribution in [0, 0.1) is 0 Å². The molecule has 21 heavy (non-hydrogen) atoms. The van der Waals surface area contributed by atoms with E-state index in [1.807, 2.05) is 20.8 Å². The molecule has 0 bridgehead atoms. The summed E-state index contributed by atoms with van der Waals surface area (Å²) in [5, 5.41) is 6.72. The van der Waals surface area contributed by atoms with Crippen LogP contribution in [0.25, 0.3) is 0 Å². The minimum atomic E-state index is -0.0912. The summed E-state index contributed by atoms with van der Waals surface area (Å²) in [6, 6.07) is 1.95. The summed E-state index contributed by atoms with van der Waals surface area (Å²) in [5.74, 6) is 0.317. The third kappa shape index (κ3) is 5.30. The molecule has 0 unspecified atom stereocenters. The highest BCUT2D eigenvalue weighted by Gasteiger charge is 2.21. The van der Waals surface area contributed by atoms with Gasteiger partial charge in [-0.2, -0.15) is 0 Å². The molecule has 1 atom stereocenters. The van der Waals surface area contributed by atoms with Crippen molar-refractivity contribution < 1.29 is 9.32 Å². The SMILES string of the molecule is CC(C)(C)c1cc(NC(=O)CN2CCC[C@@H](N)C2)on1.Cl. The third-order valence-corrected chi connectivity index (χ3v) is 3.45. The first kappa shape index (κ1) is 17.9. The zero-order valence-corrected chi connectivity index (χ0v) is 13.7. The molecule has 1 saturated heterocycles. The van der Waals surface area contributed by atoms with Gasteiger partial charge in [0, 0.05) is 24.1 Å². The summed E-state index contributed by atoms with van der Waals surface area (Å²) in [4.78, 5) is 14.0. The molecule has 0 radical (unpaired) electrons. The molecule has 3 N–H and O–H groups in total. The van der Waals surface area contributed by atoms with Gasteiger partial charge in [0.1, 0.15) is 0 Å². The first-order chi connectivity index (χ1) is 9.34. The number of nitrogens with two attached hydrogens (primary N) is 1. The molecule has 0 aliphatic carbocycles. The minimum Gasteiger partial charge on any atom is -0.338 e. The van der Waals surface area contributed by atoms with Crippen LogP contribution in [-0.4, -0.2) is 41.6 Å². The Balaban J connectivity index is 0.00000220. The Kier molecular flexibility index (Phi) is 6.19. The average Bonchev–Trinajstić information content (AvgIpc) is 2.76. The van der Waals surface area contributed by atoms with Crippen molar-refractivity contribution in [1.82, 2.24) is 10.1 Å². The van der Waals surface area contributed by atoms with E-state index < -0.39 is 0 Å². The highest BCUT2D eigenvalue weighted by Crippen LogP contribution is 2.23. The molecule has 1 amide bonds. The van der Waals surface area contributed by atoms with E-state index in [1.165, 1.54) is 0 Å². The Bertz CT molecular complexity index is 470. The summed E-state index contributed by atoms with van der Waals surface area (Å²) >= 11 is 0. The maximum atomic E-state index is 12.0. The molecular formula is C14H25ClN4O2. The predicted octanol–water partition coefficient (Wildman–Crippen LogP) is 1.76. The Labute approximate surface area is 131 Å². The summed E-state index contributed by atoms with van der Waals surface area (Å²) in [6.07, 6.45) is 2.08. The Hall–Kier alpha value is -1.11. The van der Waals surface area contributed by atoms with Crippen LogP contribution in [0.15, 0.2) is 10.6 Å². The smallest absolute Gasteiger partial charge is 0.240 e. The van der Waals surface area contributed by atoms with Crippen LogP contribution in [0.1, 0.15) is 39.3 Å². The molecular weight excluding hydrogens is 292 g/mol. The lowest BCUT2D eigenvalue weighted by Gasteiger charge is -2.29. The second-order valence-corrected chi connectivity index (χ2v) is 6.51. The van der Waals surface area contributed by atoms with Crippen LogP contribution in [0.5, 0.6) is 0 Å². The van der Waals surface area contributed by atoms with E-state index >= 15 is 0 Å². The fourth-order valence-electron chi connectivity index (χ4n) is 2.30. The molecule has 1 aliphatic rings. The molecule has 120 valence electrons. The lowest BCUT2D eigenvalue weighted by Crippen LogP contribution is -2.45. The second-order valence-electron chi connectivity index (χ2n) is 6.51. The number of likely N-dealkylation sites (tertiary alicyclic amines) is 1. The maximum absolute atomic E-state index is 12.0. The maximum Gasteiger partial charge on any atom is 0.240 e. The van der Waals surface area contributed by atoms with E-state index in [9.17, 15) is 4.79 Å². The summed E-state index contributed by atoms with van der Waals surface area (Å²) in [6.45, 7) is 8.18. The number of carbonyl (C=O) groups is 1. The van der Waals surface area contributed by atoms with E-state index in [4.69, 9.17) is 10.3 Å². The number of amides is 1. The molecule has 2 rings (SSSR count). The highest BCUT2D eigenvalue weighted by atomic mass is 35.5. The fraction of sp³-hybridized carbons (Fsp3) is 0.714. The first-order valence-electron chi connectivity index (χ1n) is 7.09. The molecule has 1 aromatic rings. The van der Waals surface area contributed by atoms with Crippen molar-refractivity contribution in [2.24, 2.45) is 5.73 Å². The van der Waals surface area contributed by atoms with E-state index in [0.717, 1.165) is 31.6 Å².